The van der Waals surface area contributed by atoms with Crippen molar-refractivity contribution in [2.75, 3.05) is 5.32 Å². The van der Waals surface area contributed by atoms with Gasteiger partial charge in [0.15, 0.2) is 0 Å². The number of aromatic nitrogens is 1. The van der Waals surface area contributed by atoms with Gasteiger partial charge in [0.05, 0.1) is 16.3 Å². The molecule has 0 saturated heterocycles. The van der Waals surface area contributed by atoms with Crippen LogP contribution in [0.4, 0.5) is 11.5 Å². The summed E-state index contributed by atoms with van der Waals surface area (Å²) in [6.07, 6.45) is 0. The van der Waals surface area contributed by atoms with Crippen molar-refractivity contribution < 1.29 is 9.90 Å². The van der Waals surface area contributed by atoms with Crippen LogP contribution in [-0.2, 0) is 0 Å². The van der Waals surface area contributed by atoms with Crippen LogP contribution in [0.25, 0.3) is 0 Å². The predicted octanol–water partition coefficient (Wildman–Crippen LogP) is 4.90. The number of benzene rings is 1. The lowest BCUT2D eigenvalue weighted by Gasteiger charge is -2.12. The van der Waals surface area contributed by atoms with E-state index < -0.39 is 5.97 Å². The van der Waals surface area contributed by atoms with E-state index in [9.17, 15) is 9.90 Å². The zero-order valence-electron chi connectivity index (χ0n) is 11.5. The molecule has 0 saturated carbocycles. The highest BCUT2D eigenvalue weighted by atomic mass is 127. The van der Waals surface area contributed by atoms with E-state index in [1.165, 1.54) is 6.07 Å². The van der Waals surface area contributed by atoms with Crippen LogP contribution in [0.1, 0.15) is 35.8 Å². The van der Waals surface area contributed by atoms with E-state index in [1.54, 1.807) is 6.07 Å². The quantitative estimate of drug-likeness (QED) is 0.696. The van der Waals surface area contributed by atoms with Crippen LogP contribution in [0.5, 0.6) is 0 Å². The molecule has 1 aromatic carbocycles. The van der Waals surface area contributed by atoms with Gasteiger partial charge in [-0.25, -0.2) is 9.78 Å². The smallest absolute Gasteiger partial charge is 0.335 e. The molecule has 110 valence electrons. The molecule has 0 aliphatic rings. The molecule has 0 unspecified atom stereocenters. The number of aromatic carboxylic acids is 1. The SMILES string of the molecule is CC(C)c1cc(C(=O)O)cc(Nc2ccc(I)cc2Cl)n1. The molecule has 6 heteroatoms. The van der Waals surface area contributed by atoms with Crippen LogP contribution in [0.15, 0.2) is 30.3 Å². The van der Waals surface area contributed by atoms with E-state index in [1.807, 2.05) is 32.0 Å². The van der Waals surface area contributed by atoms with E-state index in [0.717, 1.165) is 9.26 Å². The highest BCUT2D eigenvalue weighted by Gasteiger charge is 2.12. The number of carboxylic acids is 1. The van der Waals surface area contributed by atoms with Gasteiger partial charge < -0.3 is 10.4 Å². The van der Waals surface area contributed by atoms with Crippen molar-refractivity contribution in [3.8, 4) is 0 Å². The van der Waals surface area contributed by atoms with Crippen molar-refractivity contribution in [3.05, 3.63) is 50.2 Å². The molecule has 0 amide bonds. The number of nitrogens with zero attached hydrogens (tertiary/aromatic N) is 1. The molecular weight excluding hydrogens is 403 g/mol. The molecule has 2 rings (SSSR count). The molecule has 2 N–H and O–H groups in total. The number of carboxylic acid groups (broad SMARTS) is 1. The maximum atomic E-state index is 11.2. The number of nitrogens with one attached hydrogen (secondary N) is 1. The van der Waals surface area contributed by atoms with Crippen LogP contribution < -0.4 is 5.32 Å². The first-order valence-electron chi connectivity index (χ1n) is 6.34. The van der Waals surface area contributed by atoms with Gasteiger partial charge in [-0.2, -0.15) is 0 Å². The first kappa shape index (κ1) is 16.0. The average Bonchev–Trinajstić information content (AvgIpc) is 2.41. The van der Waals surface area contributed by atoms with E-state index in [-0.39, 0.29) is 11.5 Å². The molecule has 4 nitrogen and oxygen atoms in total. The summed E-state index contributed by atoms with van der Waals surface area (Å²) in [6.45, 7) is 3.94. The van der Waals surface area contributed by atoms with Gasteiger partial charge in [-0.15, -0.1) is 0 Å². The molecule has 21 heavy (non-hydrogen) atoms. The normalized spacial score (nSPS) is 10.7. The molecule has 0 radical (unpaired) electrons. The van der Waals surface area contributed by atoms with E-state index in [4.69, 9.17) is 11.6 Å². The summed E-state index contributed by atoms with van der Waals surface area (Å²) in [5.74, 6) is -0.366. The molecule has 0 atom stereocenters. The third-order valence-electron chi connectivity index (χ3n) is 2.88. The van der Waals surface area contributed by atoms with E-state index >= 15 is 0 Å². The molecule has 0 bridgehead atoms. The van der Waals surface area contributed by atoms with Gasteiger partial charge in [-0.3, -0.25) is 0 Å². The second kappa shape index (κ2) is 6.62. The summed E-state index contributed by atoms with van der Waals surface area (Å²) < 4.78 is 1.03. The number of pyridine rings is 1. The largest absolute Gasteiger partial charge is 0.478 e. The summed E-state index contributed by atoms with van der Waals surface area (Å²) in [6, 6.07) is 8.68. The van der Waals surface area contributed by atoms with Gasteiger partial charge in [0.25, 0.3) is 0 Å². The maximum Gasteiger partial charge on any atom is 0.335 e. The summed E-state index contributed by atoms with van der Waals surface area (Å²) in [5.41, 5.74) is 1.62. The Kier molecular flexibility index (Phi) is 5.05. The first-order chi connectivity index (χ1) is 9.86. The lowest BCUT2D eigenvalue weighted by Crippen LogP contribution is -2.05. The standard InChI is InChI=1S/C15H14ClIN2O2/c1-8(2)13-5-9(15(20)21)6-14(19-13)18-12-4-3-10(17)7-11(12)16/h3-8H,1-2H3,(H,18,19)(H,20,21). The molecule has 1 aromatic heterocycles. The first-order valence-corrected chi connectivity index (χ1v) is 7.80. The minimum absolute atomic E-state index is 0.136. The number of halogens is 2. The average molecular weight is 417 g/mol. The Morgan fingerprint density at radius 1 is 1.33 bits per heavy atom. The van der Waals surface area contributed by atoms with Crippen LogP contribution in [0, 0.1) is 3.57 Å². The number of hydrogen-bond acceptors (Lipinski definition) is 3. The van der Waals surface area contributed by atoms with Crippen LogP contribution in [-0.4, -0.2) is 16.1 Å². The van der Waals surface area contributed by atoms with Gasteiger partial charge in [0.1, 0.15) is 5.82 Å². The number of carbonyl (C=O) groups is 1. The van der Waals surface area contributed by atoms with Gasteiger partial charge in [-0.1, -0.05) is 25.4 Å². The van der Waals surface area contributed by atoms with Gasteiger partial charge in [0, 0.05) is 9.26 Å². The highest BCUT2D eigenvalue weighted by Crippen LogP contribution is 2.27. The maximum absolute atomic E-state index is 11.2. The predicted molar refractivity (Wildman–Crippen MR) is 92.7 cm³/mol. The second-order valence-corrected chi connectivity index (χ2v) is 6.53. The summed E-state index contributed by atoms with van der Waals surface area (Å²) in [5, 5.41) is 12.8. The summed E-state index contributed by atoms with van der Waals surface area (Å²) in [4.78, 5) is 15.6. The lowest BCUT2D eigenvalue weighted by atomic mass is 10.1. The third-order valence-corrected chi connectivity index (χ3v) is 3.86. The fraction of sp³-hybridized carbons (Fsp3) is 0.200. The fourth-order valence-electron chi connectivity index (χ4n) is 1.76. The summed E-state index contributed by atoms with van der Waals surface area (Å²) in [7, 11) is 0. The van der Waals surface area contributed by atoms with Crippen molar-refractivity contribution in [1.29, 1.82) is 0 Å². The van der Waals surface area contributed by atoms with Crippen LogP contribution >= 0.6 is 34.2 Å². The second-order valence-electron chi connectivity index (χ2n) is 4.87. The number of rotatable bonds is 4. The highest BCUT2D eigenvalue weighted by molar-refractivity contribution is 14.1. The zero-order chi connectivity index (χ0) is 15.6. The van der Waals surface area contributed by atoms with Crippen molar-refractivity contribution in [3.63, 3.8) is 0 Å². The molecule has 2 aromatic rings. The minimum atomic E-state index is -0.976. The van der Waals surface area contributed by atoms with Gasteiger partial charge in [0.2, 0.25) is 0 Å². The van der Waals surface area contributed by atoms with Gasteiger partial charge in [-0.05, 0) is 58.8 Å². The van der Waals surface area contributed by atoms with E-state index in [0.29, 0.717) is 16.5 Å². The molecule has 0 aliphatic carbocycles. The minimum Gasteiger partial charge on any atom is -0.478 e. The Morgan fingerprint density at radius 2 is 2.05 bits per heavy atom. The Hall–Kier alpha value is -1.34. The Morgan fingerprint density at radius 3 is 2.62 bits per heavy atom. The monoisotopic (exact) mass is 416 g/mol. The van der Waals surface area contributed by atoms with Gasteiger partial charge >= 0.3 is 5.97 Å². The fourth-order valence-corrected chi connectivity index (χ4v) is 2.67. The lowest BCUT2D eigenvalue weighted by molar-refractivity contribution is 0.0696. The molecule has 0 fully saturated rings. The van der Waals surface area contributed by atoms with Crippen LogP contribution in [0.2, 0.25) is 5.02 Å². The number of anilines is 2. The topological polar surface area (TPSA) is 62.2 Å². The zero-order valence-corrected chi connectivity index (χ0v) is 14.4. The summed E-state index contributed by atoms with van der Waals surface area (Å²) >= 11 is 8.35. The Labute approximate surface area is 141 Å². The van der Waals surface area contributed by atoms with E-state index in [2.05, 4.69) is 32.9 Å². The Balaban J connectivity index is 2.41. The Bertz CT molecular complexity index is 689. The van der Waals surface area contributed by atoms with Crippen molar-refractivity contribution >= 4 is 51.7 Å². The van der Waals surface area contributed by atoms with Crippen molar-refractivity contribution in [2.24, 2.45) is 0 Å². The molecule has 1 heterocycles. The van der Waals surface area contributed by atoms with Crippen molar-refractivity contribution in [1.82, 2.24) is 4.98 Å². The third kappa shape index (κ3) is 4.07. The molecule has 0 aliphatic heterocycles. The van der Waals surface area contributed by atoms with Crippen LogP contribution in [0.3, 0.4) is 0 Å². The molecule has 0 spiro atoms. The van der Waals surface area contributed by atoms with Crippen molar-refractivity contribution in [2.45, 2.75) is 19.8 Å². The number of hydrogen-bond donors (Lipinski definition) is 2. The molecular formula is C15H14ClIN2O2.